The normalized spacial score (nSPS) is 26.1. The fourth-order valence-corrected chi connectivity index (χ4v) is 4.29. The predicted molar refractivity (Wildman–Crippen MR) is 92.8 cm³/mol. The Morgan fingerprint density at radius 3 is 2.69 bits per heavy atom. The number of piperidine rings is 1. The maximum absolute atomic E-state index is 13.1. The molecule has 4 aliphatic rings. The smallest absolute Gasteiger partial charge is 0.410 e. The molecule has 0 radical (unpaired) electrons. The highest BCUT2D eigenvalue weighted by atomic mass is 19.1. The number of carbonyl (C=O) groups excluding carboxylic acids is 2. The van der Waals surface area contributed by atoms with Gasteiger partial charge >= 0.3 is 6.09 Å². The van der Waals surface area contributed by atoms with E-state index in [4.69, 9.17) is 4.74 Å². The zero-order chi connectivity index (χ0) is 18.1. The van der Waals surface area contributed by atoms with Gasteiger partial charge in [-0.2, -0.15) is 0 Å². The molecule has 4 saturated heterocycles. The van der Waals surface area contributed by atoms with Crippen LogP contribution in [0.1, 0.15) is 18.4 Å². The summed E-state index contributed by atoms with van der Waals surface area (Å²) in [5.74, 6) is 0.243. The van der Waals surface area contributed by atoms with E-state index in [0.29, 0.717) is 19.1 Å². The van der Waals surface area contributed by atoms with Crippen LogP contribution in [0.25, 0.3) is 0 Å². The highest BCUT2D eigenvalue weighted by Crippen LogP contribution is 2.29. The minimum absolute atomic E-state index is 0.0159. The fourth-order valence-electron chi connectivity index (χ4n) is 4.29. The van der Waals surface area contributed by atoms with Crippen LogP contribution in [0.15, 0.2) is 24.3 Å². The molecule has 7 heteroatoms. The predicted octanol–water partition coefficient (Wildman–Crippen LogP) is 1.70. The molecule has 0 spiro atoms. The van der Waals surface area contributed by atoms with E-state index in [0.717, 1.165) is 44.6 Å². The summed E-state index contributed by atoms with van der Waals surface area (Å²) in [4.78, 5) is 30.2. The Labute approximate surface area is 152 Å². The van der Waals surface area contributed by atoms with E-state index in [1.54, 1.807) is 0 Å². The number of rotatable bonds is 4. The monoisotopic (exact) mass is 361 g/mol. The molecular formula is C19H24FN3O3. The summed E-state index contributed by atoms with van der Waals surface area (Å²) in [6, 6.07) is 6.81. The summed E-state index contributed by atoms with van der Waals surface area (Å²) >= 11 is 0. The van der Waals surface area contributed by atoms with E-state index in [1.807, 2.05) is 17.0 Å². The molecule has 26 heavy (non-hydrogen) atoms. The zero-order valence-electron chi connectivity index (χ0n) is 14.8. The van der Waals surface area contributed by atoms with Crippen molar-refractivity contribution >= 4 is 12.0 Å². The van der Waals surface area contributed by atoms with E-state index < -0.39 is 6.09 Å². The first-order valence-corrected chi connectivity index (χ1v) is 9.26. The van der Waals surface area contributed by atoms with Gasteiger partial charge in [0.05, 0.1) is 6.54 Å². The van der Waals surface area contributed by atoms with Gasteiger partial charge in [-0.25, -0.2) is 9.18 Å². The average molecular weight is 361 g/mol. The fraction of sp³-hybridized carbons (Fsp3) is 0.579. The van der Waals surface area contributed by atoms with Crippen LogP contribution < -0.4 is 0 Å². The maximum atomic E-state index is 13.1. The topological polar surface area (TPSA) is 53.1 Å². The van der Waals surface area contributed by atoms with Crippen molar-refractivity contribution < 1.29 is 18.7 Å². The van der Waals surface area contributed by atoms with Gasteiger partial charge in [-0.1, -0.05) is 12.1 Å². The van der Waals surface area contributed by atoms with Gasteiger partial charge in [-0.3, -0.25) is 14.6 Å². The minimum Gasteiger partial charge on any atom is -0.448 e. The molecule has 4 fully saturated rings. The molecule has 5 rings (SSSR count). The van der Waals surface area contributed by atoms with Crippen LogP contribution in [0, 0.1) is 11.7 Å². The van der Waals surface area contributed by atoms with Gasteiger partial charge in [0.25, 0.3) is 0 Å². The SMILES string of the molecule is O=C1OCCN1CC(=O)N1CC2CCC1CN(Cc1ccc(F)cc1)C2. The number of ether oxygens (including phenoxy) is 1. The molecule has 2 bridgehead atoms. The molecule has 6 nitrogen and oxygen atoms in total. The van der Waals surface area contributed by atoms with Gasteiger partial charge in [0, 0.05) is 32.2 Å². The van der Waals surface area contributed by atoms with Crippen molar-refractivity contribution in [1.82, 2.24) is 14.7 Å². The number of fused-ring (bicyclic) bond motifs is 4. The van der Waals surface area contributed by atoms with Crippen LogP contribution in [0.5, 0.6) is 0 Å². The first kappa shape index (κ1) is 17.3. The first-order chi connectivity index (χ1) is 12.6. The quantitative estimate of drug-likeness (QED) is 0.819. The van der Waals surface area contributed by atoms with Gasteiger partial charge in [0.2, 0.25) is 5.91 Å². The third kappa shape index (κ3) is 3.67. The molecule has 1 aromatic carbocycles. The molecule has 2 unspecified atom stereocenters. The summed E-state index contributed by atoms with van der Waals surface area (Å²) < 4.78 is 18.0. The van der Waals surface area contributed by atoms with Crippen LogP contribution in [-0.2, 0) is 16.1 Å². The number of cyclic esters (lactones) is 1. The second-order valence-corrected chi connectivity index (χ2v) is 7.50. The van der Waals surface area contributed by atoms with E-state index in [2.05, 4.69) is 4.90 Å². The molecule has 0 N–H and O–H groups in total. The van der Waals surface area contributed by atoms with Crippen molar-refractivity contribution in [3.8, 4) is 0 Å². The molecule has 2 atom stereocenters. The lowest BCUT2D eigenvalue weighted by Crippen LogP contribution is -2.50. The van der Waals surface area contributed by atoms with E-state index in [1.165, 1.54) is 17.0 Å². The lowest BCUT2D eigenvalue weighted by molar-refractivity contribution is -0.135. The highest BCUT2D eigenvalue weighted by molar-refractivity contribution is 5.83. The Kier molecular flexibility index (Phi) is 4.80. The molecule has 0 aromatic heterocycles. The van der Waals surface area contributed by atoms with Crippen molar-refractivity contribution in [1.29, 1.82) is 0 Å². The van der Waals surface area contributed by atoms with Gasteiger partial charge in [-0.15, -0.1) is 0 Å². The van der Waals surface area contributed by atoms with E-state index in [9.17, 15) is 14.0 Å². The van der Waals surface area contributed by atoms with Crippen LogP contribution >= 0.6 is 0 Å². The Bertz CT molecular complexity index is 681. The molecule has 2 amide bonds. The standard InChI is InChI=1S/C19H24FN3O3/c20-16-4-1-14(2-5-16)9-21-10-15-3-6-17(12-21)23(11-15)18(24)13-22-7-8-26-19(22)25/h1-2,4-5,15,17H,3,6-13H2. The number of carbonyl (C=O) groups is 2. The lowest BCUT2D eigenvalue weighted by Gasteiger charge is -2.37. The van der Waals surface area contributed by atoms with Crippen molar-refractivity contribution in [3.63, 3.8) is 0 Å². The average Bonchev–Trinajstić information content (AvgIpc) is 2.84. The van der Waals surface area contributed by atoms with Crippen LogP contribution in [0.4, 0.5) is 9.18 Å². The van der Waals surface area contributed by atoms with Crippen LogP contribution in [-0.4, -0.2) is 72.1 Å². The van der Waals surface area contributed by atoms with Crippen molar-refractivity contribution in [3.05, 3.63) is 35.6 Å². The van der Waals surface area contributed by atoms with Crippen molar-refractivity contribution in [2.45, 2.75) is 25.4 Å². The largest absolute Gasteiger partial charge is 0.448 e. The Morgan fingerprint density at radius 2 is 1.96 bits per heavy atom. The number of amides is 2. The molecule has 0 aliphatic carbocycles. The van der Waals surface area contributed by atoms with Gasteiger partial charge in [0.1, 0.15) is 19.0 Å². The van der Waals surface area contributed by atoms with E-state index >= 15 is 0 Å². The summed E-state index contributed by atoms with van der Waals surface area (Å²) in [5, 5.41) is 0. The van der Waals surface area contributed by atoms with E-state index in [-0.39, 0.29) is 24.3 Å². The first-order valence-electron chi connectivity index (χ1n) is 9.26. The van der Waals surface area contributed by atoms with Crippen molar-refractivity contribution in [2.24, 2.45) is 5.92 Å². The van der Waals surface area contributed by atoms with Gasteiger partial charge < -0.3 is 9.64 Å². The minimum atomic E-state index is -0.392. The summed E-state index contributed by atoms with van der Waals surface area (Å²) in [7, 11) is 0. The summed E-state index contributed by atoms with van der Waals surface area (Å²) in [6.45, 7) is 4.26. The molecule has 1 aromatic rings. The van der Waals surface area contributed by atoms with Crippen LogP contribution in [0.3, 0.4) is 0 Å². The zero-order valence-corrected chi connectivity index (χ0v) is 14.8. The van der Waals surface area contributed by atoms with Gasteiger partial charge in [-0.05, 0) is 36.5 Å². The Hall–Kier alpha value is -2.15. The highest BCUT2D eigenvalue weighted by Gasteiger charge is 2.38. The maximum Gasteiger partial charge on any atom is 0.410 e. The third-order valence-electron chi connectivity index (χ3n) is 5.60. The molecule has 4 aliphatic heterocycles. The molecule has 0 saturated carbocycles. The summed E-state index contributed by atoms with van der Waals surface area (Å²) in [6.07, 6.45) is 1.73. The Morgan fingerprint density at radius 1 is 1.15 bits per heavy atom. The van der Waals surface area contributed by atoms with Gasteiger partial charge in [0.15, 0.2) is 0 Å². The molecule has 140 valence electrons. The number of nitrogens with zero attached hydrogens (tertiary/aromatic N) is 3. The molecular weight excluding hydrogens is 337 g/mol. The number of hydrogen-bond donors (Lipinski definition) is 0. The Balaban J connectivity index is 1.40. The second kappa shape index (κ2) is 7.23. The second-order valence-electron chi connectivity index (χ2n) is 7.50. The number of halogens is 1. The lowest BCUT2D eigenvalue weighted by atomic mass is 9.95. The number of benzene rings is 1. The third-order valence-corrected chi connectivity index (χ3v) is 5.60. The van der Waals surface area contributed by atoms with Crippen LogP contribution in [0.2, 0.25) is 0 Å². The number of hydrogen-bond acceptors (Lipinski definition) is 4. The van der Waals surface area contributed by atoms with Crippen molar-refractivity contribution in [2.75, 3.05) is 39.3 Å². The summed E-state index contributed by atoms with van der Waals surface area (Å²) in [5.41, 5.74) is 1.09. The molecule has 4 heterocycles.